The summed E-state index contributed by atoms with van der Waals surface area (Å²) >= 11 is 1.89. The van der Waals surface area contributed by atoms with E-state index in [1.807, 2.05) is 11.3 Å². The average molecular weight is 295 g/mol. The molecular formula is C17H30N2S. The van der Waals surface area contributed by atoms with Gasteiger partial charge in [-0.15, -0.1) is 11.3 Å². The first kappa shape index (κ1) is 16.0. The molecule has 0 spiro atoms. The van der Waals surface area contributed by atoms with Crippen molar-refractivity contribution in [1.82, 2.24) is 10.2 Å². The predicted molar refractivity (Wildman–Crippen MR) is 89.6 cm³/mol. The van der Waals surface area contributed by atoms with Crippen molar-refractivity contribution < 1.29 is 0 Å². The summed E-state index contributed by atoms with van der Waals surface area (Å²) in [6.07, 6.45) is 1.22. The molecule has 0 saturated carbocycles. The average Bonchev–Trinajstić information content (AvgIpc) is 2.92. The molecule has 1 N–H and O–H groups in total. The summed E-state index contributed by atoms with van der Waals surface area (Å²) in [6, 6.07) is 5.78. The molecular weight excluding hydrogens is 264 g/mol. The summed E-state index contributed by atoms with van der Waals surface area (Å²) < 4.78 is 0. The van der Waals surface area contributed by atoms with Crippen molar-refractivity contribution in [2.24, 2.45) is 5.92 Å². The minimum absolute atomic E-state index is 0.247. The Bertz CT molecular complexity index is 397. The maximum Gasteiger partial charge on any atom is 0.0244 e. The molecule has 0 bridgehead atoms. The Balaban J connectivity index is 2.10. The Morgan fingerprint density at radius 2 is 2.20 bits per heavy atom. The molecule has 20 heavy (non-hydrogen) atoms. The van der Waals surface area contributed by atoms with Gasteiger partial charge in [0.05, 0.1) is 0 Å². The molecule has 2 unspecified atom stereocenters. The topological polar surface area (TPSA) is 15.3 Å². The molecule has 1 fully saturated rings. The molecule has 0 amide bonds. The van der Waals surface area contributed by atoms with E-state index in [-0.39, 0.29) is 5.41 Å². The maximum atomic E-state index is 3.71. The lowest BCUT2D eigenvalue weighted by molar-refractivity contribution is 0.0784. The smallest absolute Gasteiger partial charge is 0.0244 e. The Labute approximate surface area is 128 Å². The molecule has 1 aliphatic rings. The van der Waals surface area contributed by atoms with E-state index >= 15 is 0 Å². The molecule has 1 aromatic rings. The standard InChI is InChI=1S/C17H30N2S/c1-6-14-11-19(15(10-18-14)13(2)3)12-17(4,5)16-8-7-9-20-16/h7-9,13-15,18H,6,10-12H2,1-5H3. The van der Waals surface area contributed by atoms with Gasteiger partial charge in [0, 0.05) is 42.0 Å². The first-order chi connectivity index (χ1) is 9.44. The highest BCUT2D eigenvalue weighted by Gasteiger charge is 2.34. The van der Waals surface area contributed by atoms with Gasteiger partial charge in [-0.3, -0.25) is 4.90 Å². The molecule has 1 saturated heterocycles. The summed E-state index contributed by atoms with van der Waals surface area (Å²) in [7, 11) is 0. The van der Waals surface area contributed by atoms with Crippen molar-refractivity contribution in [3.8, 4) is 0 Å². The van der Waals surface area contributed by atoms with Gasteiger partial charge in [0.1, 0.15) is 0 Å². The summed E-state index contributed by atoms with van der Waals surface area (Å²) in [4.78, 5) is 4.24. The second-order valence-corrected chi connectivity index (χ2v) is 8.06. The molecule has 0 aromatic carbocycles. The maximum absolute atomic E-state index is 3.71. The minimum Gasteiger partial charge on any atom is -0.311 e. The van der Waals surface area contributed by atoms with Crippen LogP contribution in [-0.4, -0.2) is 36.6 Å². The van der Waals surface area contributed by atoms with Crippen LogP contribution in [0.1, 0.15) is 45.9 Å². The fraction of sp³-hybridized carbons (Fsp3) is 0.765. The number of nitrogens with zero attached hydrogens (tertiary/aromatic N) is 1. The van der Waals surface area contributed by atoms with Crippen molar-refractivity contribution in [2.75, 3.05) is 19.6 Å². The number of piperazine rings is 1. The van der Waals surface area contributed by atoms with Gasteiger partial charge in [-0.1, -0.05) is 40.7 Å². The molecule has 2 rings (SSSR count). The first-order valence-corrected chi connectivity index (χ1v) is 8.83. The highest BCUT2D eigenvalue weighted by Crippen LogP contribution is 2.30. The van der Waals surface area contributed by atoms with E-state index in [0.717, 1.165) is 13.1 Å². The third kappa shape index (κ3) is 3.63. The molecule has 2 nitrogen and oxygen atoms in total. The van der Waals surface area contributed by atoms with E-state index in [9.17, 15) is 0 Å². The second-order valence-electron chi connectivity index (χ2n) is 7.12. The van der Waals surface area contributed by atoms with Crippen molar-refractivity contribution in [3.63, 3.8) is 0 Å². The van der Waals surface area contributed by atoms with E-state index in [4.69, 9.17) is 0 Å². The molecule has 1 aromatic heterocycles. The van der Waals surface area contributed by atoms with Gasteiger partial charge in [0.25, 0.3) is 0 Å². The van der Waals surface area contributed by atoms with Crippen LogP contribution in [-0.2, 0) is 5.41 Å². The van der Waals surface area contributed by atoms with E-state index in [0.29, 0.717) is 18.0 Å². The van der Waals surface area contributed by atoms with Gasteiger partial charge in [-0.25, -0.2) is 0 Å². The summed E-state index contributed by atoms with van der Waals surface area (Å²) in [5.74, 6) is 0.708. The van der Waals surface area contributed by atoms with Crippen LogP contribution in [0.4, 0.5) is 0 Å². The van der Waals surface area contributed by atoms with E-state index < -0.39 is 0 Å². The van der Waals surface area contributed by atoms with Gasteiger partial charge < -0.3 is 5.32 Å². The third-order valence-electron chi connectivity index (χ3n) is 4.59. The lowest BCUT2D eigenvalue weighted by Crippen LogP contribution is -2.60. The molecule has 3 heteroatoms. The Morgan fingerprint density at radius 1 is 1.45 bits per heavy atom. The zero-order valence-electron chi connectivity index (χ0n) is 13.6. The molecule has 0 radical (unpaired) electrons. The predicted octanol–water partition coefficient (Wildman–Crippen LogP) is 3.73. The molecule has 114 valence electrons. The SMILES string of the molecule is CCC1CN(CC(C)(C)c2cccs2)C(C(C)C)CN1. The third-order valence-corrected chi connectivity index (χ3v) is 5.82. The fourth-order valence-electron chi connectivity index (χ4n) is 3.26. The van der Waals surface area contributed by atoms with Gasteiger partial charge in [0.2, 0.25) is 0 Å². The Morgan fingerprint density at radius 3 is 2.75 bits per heavy atom. The zero-order chi connectivity index (χ0) is 14.8. The highest BCUT2D eigenvalue weighted by molar-refractivity contribution is 7.10. The Kier molecular flexibility index (Phi) is 5.27. The molecule has 1 aliphatic heterocycles. The van der Waals surface area contributed by atoms with Crippen LogP contribution >= 0.6 is 11.3 Å². The number of rotatable bonds is 5. The summed E-state index contributed by atoms with van der Waals surface area (Å²) in [6.45, 7) is 15.3. The number of nitrogens with one attached hydrogen (secondary N) is 1. The quantitative estimate of drug-likeness (QED) is 0.890. The van der Waals surface area contributed by atoms with Crippen LogP contribution in [0.3, 0.4) is 0 Å². The van der Waals surface area contributed by atoms with Gasteiger partial charge in [-0.05, 0) is 23.8 Å². The van der Waals surface area contributed by atoms with E-state index in [1.165, 1.54) is 17.8 Å². The summed E-state index contributed by atoms with van der Waals surface area (Å²) in [5.41, 5.74) is 0.247. The normalized spacial score (nSPS) is 25.3. The van der Waals surface area contributed by atoms with Gasteiger partial charge in [-0.2, -0.15) is 0 Å². The number of thiophene rings is 1. The van der Waals surface area contributed by atoms with Crippen LogP contribution in [0.2, 0.25) is 0 Å². The molecule has 2 heterocycles. The van der Waals surface area contributed by atoms with Gasteiger partial charge in [0.15, 0.2) is 0 Å². The molecule has 2 atom stereocenters. The number of hydrogen-bond donors (Lipinski definition) is 1. The Hall–Kier alpha value is -0.380. The van der Waals surface area contributed by atoms with Crippen LogP contribution < -0.4 is 5.32 Å². The zero-order valence-corrected chi connectivity index (χ0v) is 14.5. The highest BCUT2D eigenvalue weighted by atomic mass is 32.1. The minimum atomic E-state index is 0.247. The molecule has 0 aliphatic carbocycles. The van der Waals surface area contributed by atoms with E-state index in [2.05, 4.69) is 62.3 Å². The largest absolute Gasteiger partial charge is 0.311 e. The second kappa shape index (κ2) is 6.59. The van der Waals surface area contributed by atoms with Gasteiger partial charge >= 0.3 is 0 Å². The fourth-order valence-corrected chi connectivity index (χ4v) is 4.11. The van der Waals surface area contributed by atoms with Crippen molar-refractivity contribution in [2.45, 2.75) is 58.5 Å². The van der Waals surface area contributed by atoms with Crippen molar-refractivity contribution in [3.05, 3.63) is 22.4 Å². The van der Waals surface area contributed by atoms with Crippen molar-refractivity contribution >= 4 is 11.3 Å². The number of hydrogen-bond acceptors (Lipinski definition) is 3. The van der Waals surface area contributed by atoms with Crippen molar-refractivity contribution in [1.29, 1.82) is 0 Å². The van der Waals surface area contributed by atoms with Crippen LogP contribution in [0.25, 0.3) is 0 Å². The lowest BCUT2D eigenvalue weighted by atomic mass is 9.88. The van der Waals surface area contributed by atoms with Crippen LogP contribution in [0, 0.1) is 5.92 Å². The monoisotopic (exact) mass is 294 g/mol. The van der Waals surface area contributed by atoms with Crippen LogP contribution in [0.5, 0.6) is 0 Å². The lowest BCUT2D eigenvalue weighted by Gasteiger charge is -2.45. The van der Waals surface area contributed by atoms with E-state index in [1.54, 1.807) is 0 Å². The van der Waals surface area contributed by atoms with Crippen LogP contribution in [0.15, 0.2) is 17.5 Å². The first-order valence-electron chi connectivity index (χ1n) is 7.95. The summed E-state index contributed by atoms with van der Waals surface area (Å²) in [5, 5.41) is 5.91.